The molecule has 0 radical (unpaired) electrons. The summed E-state index contributed by atoms with van der Waals surface area (Å²) in [5.41, 5.74) is 3.38. The molecule has 6 aromatic rings. The maximum absolute atomic E-state index is 6.23. The van der Waals surface area contributed by atoms with E-state index in [4.69, 9.17) is 42.1 Å². The van der Waals surface area contributed by atoms with Crippen LogP contribution in [0.5, 0.6) is 46.0 Å². The molecule has 0 N–H and O–H groups in total. The fraction of sp³-hybridized carbons (Fsp3) is 0. The van der Waals surface area contributed by atoms with Gasteiger partial charge in [0.25, 0.3) is 6.71 Å². The van der Waals surface area contributed by atoms with Gasteiger partial charge in [0.1, 0.15) is 50.5 Å². The number of halogens is 3. The minimum Gasteiger partial charge on any atom is -0.458 e. The van der Waals surface area contributed by atoms with Gasteiger partial charge in [-0.3, -0.25) is 0 Å². The molecule has 2 heterocycles. The number of rotatable bonds is 4. The van der Waals surface area contributed by atoms with Crippen LogP contribution in [0, 0.1) is 0 Å². The summed E-state index contributed by atoms with van der Waals surface area (Å²) in [6, 6.07) is 42.5. The molecule has 0 aliphatic carbocycles. The third-order valence-corrected chi connectivity index (χ3v) is 8.39. The van der Waals surface area contributed by atoms with Crippen LogP contribution in [0.2, 0.25) is 10.0 Å². The van der Waals surface area contributed by atoms with Crippen molar-refractivity contribution in [2.24, 2.45) is 0 Å². The highest BCUT2D eigenvalue weighted by molar-refractivity contribution is 9.10. The van der Waals surface area contributed by atoms with Gasteiger partial charge in [-0.05, 0) is 75.4 Å². The van der Waals surface area contributed by atoms with Gasteiger partial charge in [0.2, 0.25) is 0 Å². The molecule has 8 rings (SSSR count). The van der Waals surface area contributed by atoms with E-state index in [9.17, 15) is 0 Å². The molecule has 214 valence electrons. The summed E-state index contributed by atoms with van der Waals surface area (Å²) >= 11 is 15.9. The summed E-state index contributed by atoms with van der Waals surface area (Å²) < 4.78 is 24.5. The fourth-order valence-electron chi connectivity index (χ4n) is 5.28. The molecule has 0 unspecified atom stereocenters. The number of fused-ring (bicyclic) bond motifs is 4. The Morgan fingerprint density at radius 2 is 0.909 bits per heavy atom. The molecular weight excluding hydrogens is 658 g/mol. The van der Waals surface area contributed by atoms with Crippen molar-refractivity contribution >= 4 is 62.2 Å². The van der Waals surface area contributed by atoms with Gasteiger partial charge in [0.05, 0.1) is 0 Å². The molecule has 2 aliphatic heterocycles. The monoisotopic (exact) mass is 678 g/mol. The van der Waals surface area contributed by atoms with Crippen molar-refractivity contribution in [3.05, 3.63) is 148 Å². The van der Waals surface area contributed by atoms with E-state index < -0.39 is 0 Å². The minimum atomic E-state index is 0.122. The van der Waals surface area contributed by atoms with Gasteiger partial charge in [-0.25, -0.2) is 0 Å². The summed E-state index contributed by atoms with van der Waals surface area (Å²) in [6.45, 7) is 0.122. The average molecular weight is 680 g/mol. The molecule has 0 saturated carbocycles. The number of hydrogen-bond acceptors (Lipinski definition) is 4. The molecule has 0 amide bonds. The van der Waals surface area contributed by atoms with Crippen LogP contribution in [0.3, 0.4) is 0 Å². The van der Waals surface area contributed by atoms with E-state index in [1.807, 2.05) is 109 Å². The maximum Gasteiger partial charge on any atom is 0.260 e. The first kappa shape index (κ1) is 28.4. The van der Waals surface area contributed by atoms with E-state index in [1.54, 1.807) is 12.1 Å². The van der Waals surface area contributed by atoms with Crippen molar-refractivity contribution in [2.45, 2.75) is 0 Å². The third-order valence-electron chi connectivity index (χ3n) is 7.17. The van der Waals surface area contributed by atoms with Gasteiger partial charge in [0, 0.05) is 27.6 Å². The number of para-hydroxylation sites is 4. The van der Waals surface area contributed by atoms with Gasteiger partial charge in [0.15, 0.2) is 0 Å². The SMILES string of the molecule is Clc1cc(Oc2ccccc2)c(Br)c(Oc2ccccc2)c1.Clc1cc2c3c(c1)Oc1ccccc1B3c1ccccc1O2. The lowest BCUT2D eigenvalue weighted by Gasteiger charge is -2.32. The van der Waals surface area contributed by atoms with Crippen molar-refractivity contribution in [3.8, 4) is 46.0 Å². The van der Waals surface area contributed by atoms with Crippen LogP contribution >= 0.6 is 39.1 Å². The Morgan fingerprint density at radius 1 is 0.500 bits per heavy atom. The van der Waals surface area contributed by atoms with Gasteiger partial charge in [-0.2, -0.15) is 0 Å². The largest absolute Gasteiger partial charge is 0.458 e. The van der Waals surface area contributed by atoms with Gasteiger partial charge in [-0.15, -0.1) is 0 Å². The van der Waals surface area contributed by atoms with E-state index in [0.717, 1.165) is 50.9 Å². The minimum absolute atomic E-state index is 0.122. The predicted molar refractivity (Wildman–Crippen MR) is 181 cm³/mol. The zero-order valence-electron chi connectivity index (χ0n) is 23.0. The normalized spacial score (nSPS) is 11.8. The van der Waals surface area contributed by atoms with Crippen LogP contribution in [0.15, 0.2) is 138 Å². The van der Waals surface area contributed by atoms with Crippen LogP contribution in [0.4, 0.5) is 0 Å². The van der Waals surface area contributed by atoms with E-state index in [0.29, 0.717) is 26.0 Å². The smallest absolute Gasteiger partial charge is 0.260 e. The van der Waals surface area contributed by atoms with Crippen LogP contribution in [0.25, 0.3) is 0 Å². The van der Waals surface area contributed by atoms with Crippen LogP contribution in [0.1, 0.15) is 0 Å². The Balaban J connectivity index is 0.000000142. The molecule has 8 heteroatoms. The fourth-order valence-corrected chi connectivity index (χ4v) is 6.07. The molecule has 4 nitrogen and oxygen atoms in total. The predicted octanol–water partition coefficient (Wildman–Crippen LogP) is 9.75. The molecule has 0 atom stereocenters. The van der Waals surface area contributed by atoms with E-state index >= 15 is 0 Å². The van der Waals surface area contributed by atoms with E-state index in [2.05, 4.69) is 28.1 Å². The molecular formula is C36H22BBrCl2O4. The second-order valence-electron chi connectivity index (χ2n) is 10.1. The maximum atomic E-state index is 6.23. The standard InChI is InChI=1S/C18H10BClO2.C18H12BrClO2/c20-11-9-16-18-17(10-11)22-15-8-4-2-6-13(15)19(18)12-5-1-3-7-14(12)21-16;19-18-16(21-14-7-3-1-4-8-14)11-13(20)12-17(18)22-15-9-5-2-6-10-15/h1-10H;1-12H. The topological polar surface area (TPSA) is 36.9 Å². The zero-order valence-corrected chi connectivity index (χ0v) is 26.1. The Bertz CT molecular complexity index is 1840. The van der Waals surface area contributed by atoms with Gasteiger partial charge in [-0.1, -0.05) is 96.0 Å². The highest BCUT2D eigenvalue weighted by Crippen LogP contribution is 2.41. The van der Waals surface area contributed by atoms with Crippen LogP contribution < -0.4 is 35.3 Å². The molecule has 44 heavy (non-hydrogen) atoms. The molecule has 0 aromatic heterocycles. The number of hydrogen-bond donors (Lipinski definition) is 0. The first-order valence-corrected chi connectivity index (χ1v) is 15.4. The summed E-state index contributed by atoms with van der Waals surface area (Å²) in [5.74, 6) is 5.98. The second kappa shape index (κ2) is 12.3. The Kier molecular flexibility index (Phi) is 7.96. The lowest BCUT2D eigenvalue weighted by molar-refractivity contribution is 0.455. The summed E-state index contributed by atoms with van der Waals surface area (Å²) in [5, 5.41) is 1.16. The van der Waals surface area contributed by atoms with Gasteiger partial charge >= 0.3 is 0 Å². The van der Waals surface area contributed by atoms with Crippen molar-refractivity contribution in [1.82, 2.24) is 0 Å². The molecule has 0 saturated heterocycles. The zero-order chi connectivity index (χ0) is 30.0. The Morgan fingerprint density at radius 3 is 1.39 bits per heavy atom. The van der Waals surface area contributed by atoms with Gasteiger partial charge < -0.3 is 18.9 Å². The van der Waals surface area contributed by atoms with Crippen molar-refractivity contribution in [3.63, 3.8) is 0 Å². The Hall–Kier alpha value is -4.36. The van der Waals surface area contributed by atoms with Crippen LogP contribution in [-0.4, -0.2) is 6.71 Å². The van der Waals surface area contributed by atoms with Crippen molar-refractivity contribution in [2.75, 3.05) is 0 Å². The molecule has 0 bridgehead atoms. The highest BCUT2D eigenvalue weighted by atomic mass is 79.9. The Labute approximate surface area is 273 Å². The van der Waals surface area contributed by atoms with Crippen molar-refractivity contribution in [1.29, 1.82) is 0 Å². The van der Waals surface area contributed by atoms with E-state index in [-0.39, 0.29) is 6.71 Å². The molecule has 6 aromatic carbocycles. The third kappa shape index (κ3) is 5.76. The van der Waals surface area contributed by atoms with Crippen molar-refractivity contribution < 1.29 is 18.9 Å². The highest BCUT2D eigenvalue weighted by Gasteiger charge is 2.39. The average Bonchev–Trinajstić information content (AvgIpc) is 3.04. The lowest BCUT2D eigenvalue weighted by Crippen LogP contribution is -2.57. The number of benzene rings is 6. The summed E-state index contributed by atoms with van der Waals surface area (Å²) in [6.07, 6.45) is 0. The number of ether oxygens (including phenoxy) is 4. The molecule has 0 fully saturated rings. The molecule has 2 aliphatic rings. The summed E-state index contributed by atoms with van der Waals surface area (Å²) in [7, 11) is 0. The first-order chi connectivity index (χ1) is 21.5. The summed E-state index contributed by atoms with van der Waals surface area (Å²) in [4.78, 5) is 0. The lowest BCUT2D eigenvalue weighted by atomic mass is 9.35. The second-order valence-corrected chi connectivity index (χ2v) is 11.7. The quantitative estimate of drug-likeness (QED) is 0.174. The van der Waals surface area contributed by atoms with Crippen LogP contribution in [-0.2, 0) is 0 Å². The first-order valence-electron chi connectivity index (χ1n) is 13.9. The van der Waals surface area contributed by atoms with E-state index in [1.165, 1.54) is 0 Å². The molecule has 0 spiro atoms.